The average molecular weight is 227 g/mol. The molecular formula is C12H9N3O2. The molecular weight excluding hydrogens is 218 g/mol. The van der Waals surface area contributed by atoms with Crippen LogP contribution in [0, 0.1) is 0 Å². The van der Waals surface area contributed by atoms with Crippen molar-refractivity contribution < 1.29 is 9.90 Å². The predicted octanol–water partition coefficient (Wildman–Crippen LogP) is 1.64. The largest absolute Gasteiger partial charge is 0.478 e. The summed E-state index contributed by atoms with van der Waals surface area (Å²) in [5, 5.41) is 8.47. The van der Waals surface area contributed by atoms with E-state index in [0.29, 0.717) is 17.1 Å². The normalized spacial score (nSPS) is 10.6. The van der Waals surface area contributed by atoms with Gasteiger partial charge >= 0.3 is 5.97 Å². The molecule has 0 fully saturated rings. The van der Waals surface area contributed by atoms with Crippen molar-refractivity contribution in [2.45, 2.75) is 0 Å². The molecule has 5 heteroatoms. The van der Waals surface area contributed by atoms with Crippen molar-refractivity contribution in [3.8, 4) is 11.5 Å². The third-order valence-electron chi connectivity index (χ3n) is 1.98. The number of pyridine rings is 1. The highest BCUT2D eigenvalue weighted by Crippen LogP contribution is 2.10. The second kappa shape index (κ2) is 4.98. The molecule has 0 aliphatic carbocycles. The molecule has 0 spiro atoms. The summed E-state index contributed by atoms with van der Waals surface area (Å²) in [6.45, 7) is 0. The van der Waals surface area contributed by atoms with Crippen LogP contribution >= 0.6 is 0 Å². The third-order valence-corrected chi connectivity index (χ3v) is 1.98. The van der Waals surface area contributed by atoms with Gasteiger partial charge in [-0.2, -0.15) is 0 Å². The highest BCUT2D eigenvalue weighted by Gasteiger charge is 2.00. The maximum atomic E-state index is 10.3. The first-order chi connectivity index (χ1) is 8.25. The lowest BCUT2D eigenvalue weighted by molar-refractivity contribution is -0.131. The fourth-order valence-electron chi connectivity index (χ4n) is 1.22. The van der Waals surface area contributed by atoms with Gasteiger partial charge in [0.25, 0.3) is 0 Å². The van der Waals surface area contributed by atoms with Crippen LogP contribution in [0.2, 0.25) is 0 Å². The predicted molar refractivity (Wildman–Crippen MR) is 61.9 cm³/mol. The molecule has 2 aromatic rings. The lowest BCUT2D eigenvalue weighted by Gasteiger charge is -1.98. The summed E-state index contributed by atoms with van der Waals surface area (Å²) in [6, 6.07) is 5.47. The number of aromatic nitrogens is 3. The minimum atomic E-state index is -1.00. The van der Waals surface area contributed by atoms with Crippen LogP contribution in [0.15, 0.2) is 42.9 Å². The number of rotatable bonds is 3. The molecule has 0 amide bonds. The molecule has 0 atom stereocenters. The fourth-order valence-corrected chi connectivity index (χ4v) is 1.22. The molecule has 0 aliphatic rings. The Labute approximate surface area is 97.5 Å². The van der Waals surface area contributed by atoms with Gasteiger partial charge in [-0.15, -0.1) is 0 Å². The van der Waals surface area contributed by atoms with Gasteiger partial charge < -0.3 is 5.11 Å². The van der Waals surface area contributed by atoms with Gasteiger partial charge in [-0.25, -0.2) is 14.8 Å². The maximum Gasteiger partial charge on any atom is 0.328 e. The van der Waals surface area contributed by atoms with Crippen LogP contribution in [0.4, 0.5) is 0 Å². The number of carbonyl (C=O) groups is 1. The van der Waals surface area contributed by atoms with Gasteiger partial charge in [-0.05, 0) is 18.2 Å². The topological polar surface area (TPSA) is 76.0 Å². The molecule has 0 saturated heterocycles. The quantitative estimate of drug-likeness (QED) is 0.806. The summed E-state index contributed by atoms with van der Waals surface area (Å²) < 4.78 is 0. The summed E-state index contributed by atoms with van der Waals surface area (Å²) >= 11 is 0. The van der Waals surface area contributed by atoms with Crippen molar-refractivity contribution in [1.82, 2.24) is 15.0 Å². The zero-order chi connectivity index (χ0) is 12.1. The van der Waals surface area contributed by atoms with Gasteiger partial charge in [0.05, 0.1) is 0 Å². The number of carboxylic acids is 1. The van der Waals surface area contributed by atoms with Crippen LogP contribution < -0.4 is 0 Å². The highest BCUT2D eigenvalue weighted by molar-refractivity contribution is 5.85. The number of aliphatic carboxylic acids is 1. The molecule has 0 radical (unpaired) electrons. The Morgan fingerprint density at radius 2 is 1.94 bits per heavy atom. The van der Waals surface area contributed by atoms with Crippen LogP contribution in [-0.2, 0) is 4.79 Å². The molecule has 84 valence electrons. The fraction of sp³-hybridized carbons (Fsp3) is 0. The van der Waals surface area contributed by atoms with Gasteiger partial charge in [0.2, 0.25) is 0 Å². The van der Waals surface area contributed by atoms with Crippen LogP contribution in [0.25, 0.3) is 17.6 Å². The van der Waals surface area contributed by atoms with Crippen molar-refractivity contribution >= 4 is 12.0 Å². The van der Waals surface area contributed by atoms with Gasteiger partial charge in [-0.1, -0.05) is 6.07 Å². The molecule has 0 unspecified atom stereocenters. The van der Waals surface area contributed by atoms with Crippen molar-refractivity contribution in [1.29, 1.82) is 0 Å². The average Bonchev–Trinajstić information content (AvgIpc) is 2.38. The van der Waals surface area contributed by atoms with Crippen LogP contribution in [-0.4, -0.2) is 26.0 Å². The Morgan fingerprint density at radius 1 is 1.18 bits per heavy atom. The maximum absolute atomic E-state index is 10.3. The Bertz CT molecular complexity index is 535. The molecule has 2 aromatic heterocycles. The molecule has 2 heterocycles. The summed E-state index contributed by atoms with van der Waals surface area (Å²) in [6.07, 6.45) is 7.24. The van der Waals surface area contributed by atoms with Crippen LogP contribution in [0.3, 0.4) is 0 Å². The van der Waals surface area contributed by atoms with Crippen molar-refractivity contribution in [2.75, 3.05) is 0 Å². The standard InChI is InChI=1S/C12H9N3O2/c16-11(17)5-4-9-7-14-12(15-8-9)10-3-1-2-6-13-10/h1-8H,(H,16,17)/b5-4+. The number of hydrogen-bond acceptors (Lipinski definition) is 4. The Balaban J connectivity index is 2.22. The van der Waals surface area contributed by atoms with E-state index in [9.17, 15) is 4.79 Å². The second-order valence-corrected chi connectivity index (χ2v) is 3.23. The molecule has 0 aromatic carbocycles. The SMILES string of the molecule is O=C(O)/C=C/c1cnc(-c2ccccn2)nc1. The molecule has 0 saturated carbocycles. The van der Waals surface area contributed by atoms with Crippen LogP contribution in [0.5, 0.6) is 0 Å². The van der Waals surface area contributed by atoms with Crippen LogP contribution in [0.1, 0.15) is 5.56 Å². The first-order valence-electron chi connectivity index (χ1n) is 4.90. The summed E-state index contributed by atoms with van der Waals surface area (Å²) in [5.41, 5.74) is 1.31. The first-order valence-corrected chi connectivity index (χ1v) is 4.90. The van der Waals surface area contributed by atoms with E-state index in [0.717, 1.165) is 6.08 Å². The molecule has 0 aliphatic heterocycles. The molecule has 2 rings (SSSR count). The summed E-state index contributed by atoms with van der Waals surface area (Å²) in [7, 11) is 0. The lowest BCUT2D eigenvalue weighted by atomic mass is 10.3. The first kappa shape index (κ1) is 10.9. The van der Waals surface area contributed by atoms with Gasteiger partial charge in [-0.3, -0.25) is 4.98 Å². The highest BCUT2D eigenvalue weighted by atomic mass is 16.4. The zero-order valence-corrected chi connectivity index (χ0v) is 8.82. The third kappa shape index (κ3) is 2.94. The van der Waals surface area contributed by atoms with Crippen molar-refractivity contribution in [3.05, 3.63) is 48.4 Å². The monoisotopic (exact) mass is 227 g/mol. The molecule has 17 heavy (non-hydrogen) atoms. The number of nitrogens with zero attached hydrogens (tertiary/aromatic N) is 3. The summed E-state index contributed by atoms with van der Waals surface area (Å²) in [5.74, 6) is -0.489. The van der Waals surface area contributed by atoms with E-state index in [1.807, 2.05) is 18.2 Å². The number of hydrogen-bond donors (Lipinski definition) is 1. The van der Waals surface area contributed by atoms with E-state index >= 15 is 0 Å². The summed E-state index contributed by atoms with van der Waals surface area (Å²) in [4.78, 5) is 22.7. The zero-order valence-electron chi connectivity index (χ0n) is 8.82. The van der Waals surface area contributed by atoms with Gasteiger partial charge in [0, 0.05) is 30.2 Å². The van der Waals surface area contributed by atoms with Crippen molar-refractivity contribution in [3.63, 3.8) is 0 Å². The van der Waals surface area contributed by atoms with Gasteiger partial charge in [0.15, 0.2) is 5.82 Å². The van der Waals surface area contributed by atoms with Crippen molar-refractivity contribution in [2.24, 2.45) is 0 Å². The lowest BCUT2D eigenvalue weighted by Crippen LogP contribution is -1.92. The van der Waals surface area contributed by atoms with E-state index < -0.39 is 5.97 Å². The molecule has 5 nitrogen and oxygen atoms in total. The van der Waals surface area contributed by atoms with E-state index in [1.165, 1.54) is 6.08 Å². The molecule has 0 bridgehead atoms. The van der Waals surface area contributed by atoms with E-state index in [1.54, 1.807) is 18.6 Å². The Kier molecular flexibility index (Phi) is 3.20. The molecule has 1 N–H and O–H groups in total. The van der Waals surface area contributed by atoms with E-state index in [-0.39, 0.29) is 0 Å². The Hall–Kier alpha value is -2.56. The number of carboxylic acid groups (broad SMARTS) is 1. The van der Waals surface area contributed by atoms with Gasteiger partial charge in [0.1, 0.15) is 5.69 Å². The minimum absolute atomic E-state index is 0.512. The minimum Gasteiger partial charge on any atom is -0.478 e. The smallest absolute Gasteiger partial charge is 0.328 e. The second-order valence-electron chi connectivity index (χ2n) is 3.23. The van der Waals surface area contributed by atoms with E-state index in [4.69, 9.17) is 5.11 Å². The van der Waals surface area contributed by atoms with E-state index in [2.05, 4.69) is 15.0 Å². The Morgan fingerprint density at radius 3 is 2.53 bits per heavy atom.